The second-order valence-electron chi connectivity index (χ2n) is 8.14. The molecular formula is C24H24N4O3. The second kappa shape index (κ2) is 7.98. The first-order valence-electron chi connectivity index (χ1n) is 10.7. The van der Waals surface area contributed by atoms with Gasteiger partial charge in [0, 0.05) is 25.4 Å². The molecule has 1 saturated heterocycles. The number of carbonyl (C=O) groups excluding carboxylic acids is 2. The van der Waals surface area contributed by atoms with Crippen molar-refractivity contribution in [3.8, 4) is 0 Å². The van der Waals surface area contributed by atoms with Gasteiger partial charge in [0.2, 0.25) is 0 Å². The number of rotatable bonds is 4. The van der Waals surface area contributed by atoms with Crippen molar-refractivity contribution < 1.29 is 14.0 Å². The number of para-hydroxylation sites is 3. The summed E-state index contributed by atoms with van der Waals surface area (Å²) in [5.41, 5.74) is 2.93. The lowest BCUT2D eigenvalue weighted by molar-refractivity contribution is -0.125. The normalized spacial score (nSPS) is 19.6. The number of hydrogen-bond donors (Lipinski definition) is 0. The van der Waals surface area contributed by atoms with Crippen molar-refractivity contribution in [3.63, 3.8) is 0 Å². The Kier molecular flexibility index (Phi) is 5.02. The van der Waals surface area contributed by atoms with Crippen LogP contribution in [0.4, 0.5) is 5.69 Å². The van der Waals surface area contributed by atoms with Crippen molar-refractivity contribution >= 4 is 34.2 Å². The number of nitrogens with zero attached hydrogens (tertiary/aromatic N) is 4. The van der Waals surface area contributed by atoms with Gasteiger partial charge in [-0.2, -0.15) is 5.10 Å². The molecule has 7 nitrogen and oxygen atoms in total. The summed E-state index contributed by atoms with van der Waals surface area (Å²) < 4.78 is 5.92. The average Bonchev–Trinajstić information content (AvgIpc) is 3.44. The molecule has 1 fully saturated rings. The van der Waals surface area contributed by atoms with Crippen LogP contribution in [0.25, 0.3) is 11.1 Å². The fourth-order valence-corrected chi connectivity index (χ4v) is 4.35. The third-order valence-electron chi connectivity index (χ3n) is 6.09. The van der Waals surface area contributed by atoms with Crippen molar-refractivity contribution in [2.75, 3.05) is 18.1 Å². The van der Waals surface area contributed by atoms with E-state index >= 15 is 0 Å². The lowest BCUT2D eigenvalue weighted by Crippen LogP contribution is -2.42. The summed E-state index contributed by atoms with van der Waals surface area (Å²) in [6.45, 7) is 2.80. The van der Waals surface area contributed by atoms with E-state index in [0.29, 0.717) is 25.2 Å². The molecule has 0 aliphatic carbocycles. The summed E-state index contributed by atoms with van der Waals surface area (Å²) in [6, 6.07) is 16.8. The molecule has 0 saturated carbocycles. The quantitative estimate of drug-likeness (QED) is 0.647. The molecule has 1 unspecified atom stereocenters. The van der Waals surface area contributed by atoms with E-state index in [9.17, 15) is 9.59 Å². The van der Waals surface area contributed by atoms with Crippen LogP contribution in [0.5, 0.6) is 0 Å². The van der Waals surface area contributed by atoms with Gasteiger partial charge in [-0.15, -0.1) is 0 Å². The van der Waals surface area contributed by atoms with Crippen LogP contribution < -0.4 is 5.01 Å². The summed E-state index contributed by atoms with van der Waals surface area (Å²) >= 11 is 0. The number of benzene rings is 2. The lowest BCUT2D eigenvalue weighted by atomic mass is 9.96. The van der Waals surface area contributed by atoms with Crippen molar-refractivity contribution in [1.82, 2.24) is 9.88 Å². The van der Waals surface area contributed by atoms with Crippen LogP contribution in [0, 0.1) is 0 Å². The largest absolute Gasteiger partial charge is 0.440 e. The first-order valence-corrected chi connectivity index (χ1v) is 10.7. The highest BCUT2D eigenvalue weighted by Gasteiger charge is 2.37. The second-order valence-corrected chi connectivity index (χ2v) is 8.14. The van der Waals surface area contributed by atoms with E-state index in [1.54, 1.807) is 11.9 Å². The maximum absolute atomic E-state index is 13.1. The Hall–Kier alpha value is -3.48. The Morgan fingerprint density at radius 3 is 2.42 bits per heavy atom. The Balaban J connectivity index is 1.28. The molecule has 5 rings (SSSR count). The molecule has 2 aliphatic rings. The number of amides is 1. The summed E-state index contributed by atoms with van der Waals surface area (Å²) in [4.78, 5) is 31.8. The van der Waals surface area contributed by atoms with Gasteiger partial charge < -0.3 is 9.32 Å². The van der Waals surface area contributed by atoms with Gasteiger partial charge in [-0.3, -0.25) is 14.6 Å². The van der Waals surface area contributed by atoms with E-state index in [-0.39, 0.29) is 17.6 Å². The number of ketones is 1. The van der Waals surface area contributed by atoms with Gasteiger partial charge in [0.25, 0.3) is 5.91 Å². The van der Waals surface area contributed by atoms with E-state index in [1.165, 1.54) is 0 Å². The molecule has 1 amide bonds. The third kappa shape index (κ3) is 3.71. The van der Waals surface area contributed by atoms with Gasteiger partial charge in [0.05, 0.1) is 5.69 Å². The smallest absolute Gasteiger partial charge is 0.270 e. The van der Waals surface area contributed by atoms with E-state index in [4.69, 9.17) is 4.42 Å². The molecular weight excluding hydrogens is 392 g/mol. The fraction of sp³-hybridized carbons (Fsp3) is 0.333. The van der Waals surface area contributed by atoms with Crippen molar-refractivity contribution in [2.45, 2.75) is 38.1 Å². The third-order valence-corrected chi connectivity index (χ3v) is 6.09. The van der Waals surface area contributed by atoms with Crippen LogP contribution in [0.1, 0.15) is 38.0 Å². The molecule has 2 aliphatic heterocycles. The minimum Gasteiger partial charge on any atom is -0.440 e. The zero-order valence-corrected chi connectivity index (χ0v) is 17.4. The number of oxazole rings is 1. The van der Waals surface area contributed by atoms with Gasteiger partial charge in [-0.05, 0) is 44.0 Å². The predicted molar refractivity (Wildman–Crippen MR) is 118 cm³/mol. The zero-order chi connectivity index (χ0) is 21.4. The number of hydrazone groups is 1. The molecule has 0 radical (unpaired) electrons. The minimum absolute atomic E-state index is 0.00470. The number of piperidine rings is 1. The topological polar surface area (TPSA) is 79.0 Å². The molecule has 0 N–H and O–H groups in total. The number of carbonyl (C=O) groups is 2. The number of likely N-dealkylation sites (tertiary alicyclic amines) is 1. The van der Waals surface area contributed by atoms with Crippen molar-refractivity contribution in [2.24, 2.45) is 5.10 Å². The van der Waals surface area contributed by atoms with Crippen LogP contribution in [0.15, 0.2) is 64.1 Å². The summed E-state index contributed by atoms with van der Waals surface area (Å²) in [7, 11) is 0. The molecule has 0 spiro atoms. The average molecular weight is 416 g/mol. The fourth-order valence-electron chi connectivity index (χ4n) is 4.35. The number of Topliss-reactive ketones (excluding diaryl/α,β-unsaturated/α-hetero) is 1. The van der Waals surface area contributed by atoms with E-state index in [2.05, 4.69) is 10.1 Å². The first-order chi connectivity index (χ1) is 15.1. The van der Waals surface area contributed by atoms with Crippen LogP contribution >= 0.6 is 0 Å². The van der Waals surface area contributed by atoms with Gasteiger partial charge >= 0.3 is 0 Å². The van der Waals surface area contributed by atoms with Gasteiger partial charge in [0.1, 0.15) is 17.3 Å². The maximum atomic E-state index is 13.1. The number of anilines is 1. The van der Waals surface area contributed by atoms with E-state index < -0.39 is 6.04 Å². The minimum atomic E-state index is -0.432. The Labute approximate surface area is 180 Å². The molecule has 158 valence electrons. The van der Waals surface area contributed by atoms with E-state index in [1.807, 2.05) is 59.5 Å². The number of fused-ring (bicyclic) bond motifs is 1. The highest BCUT2D eigenvalue weighted by molar-refractivity contribution is 6.40. The highest BCUT2D eigenvalue weighted by atomic mass is 16.3. The van der Waals surface area contributed by atoms with Crippen LogP contribution in [-0.2, 0) is 9.59 Å². The van der Waals surface area contributed by atoms with Crippen LogP contribution in [0.2, 0.25) is 0 Å². The summed E-state index contributed by atoms with van der Waals surface area (Å²) in [5.74, 6) is 0.872. The van der Waals surface area contributed by atoms with Gasteiger partial charge in [0.15, 0.2) is 17.3 Å². The number of hydrogen-bond acceptors (Lipinski definition) is 6. The monoisotopic (exact) mass is 416 g/mol. The molecule has 0 bridgehead atoms. The molecule has 1 aromatic heterocycles. The lowest BCUT2D eigenvalue weighted by Gasteiger charge is -2.30. The molecule has 1 atom stereocenters. The SMILES string of the molecule is CC(=O)C1CC(C(=O)N2CCC(c3nc4ccccc4o3)CC2)=NN1c1ccccc1. The Morgan fingerprint density at radius 1 is 1.00 bits per heavy atom. The zero-order valence-electron chi connectivity index (χ0n) is 17.4. The molecule has 31 heavy (non-hydrogen) atoms. The van der Waals surface area contributed by atoms with Crippen LogP contribution in [0.3, 0.4) is 0 Å². The van der Waals surface area contributed by atoms with Crippen molar-refractivity contribution in [1.29, 1.82) is 0 Å². The molecule has 7 heteroatoms. The summed E-state index contributed by atoms with van der Waals surface area (Å²) in [5, 5.41) is 6.23. The maximum Gasteiger partial charge on any atom is 0.270 e. The Morgan fingerprint density at radius 2 is 1.71 bits per heavy atom. The predicted octanol–water partition coefficient (Wildman–Crippen LogP) is 3.76. The first kappa shape index (κ1) is 19.5. The van der Waals surface area contributed by atoms with Crippen molar-refractivity contribution in [3.05, 3.63) is 60.5 Å². The highest BCUT2D eigenvalue weighted by Crippen LogP contribution is 2.31. The molecule has 3 heterocycles. The van der Waals surface area contributed by atoms with E-state index in [0.717, 1.165) is 35.5 Å². The van der Waals surface area contributed by atoms with Gasteiger partial charge in [-0.1, -0.05) is 30.3 Å². The van der Waals surface area contributed by atoms with Crippen LogP contribution in [-0.4, -0.2) is 46.4 Å². The molecule has 2 aromatic carbocycles. The van der Waals surface area contributed by atoms with Gasteiger partial charge in [-0.25, -0.2) is 4.98 Å². The molecule has 3 aromatic rings. The Bertz CT molecular complexity index is 1110. The number of aromatic nitrogens is 1. The summed E-state index contributed by atoms with van der Waals surface area (Å²) in [6.07, 6.45) is 1.93. The standard InChI is InChI=1S/C24H24N4O3/c1-16(29)21-15-20(26-28(21)18-7-3-2-4-8-18)24(30)27-13-11-17(12-14-27)23-25-19-9-5-6-10-22(19)31-23/h2-10,17,21H,11-15H2,1H3.